The predicted octanol–water partition coefficient (Wildman–Crippen LogP) is 1.67. The van der Waals surface area contributed by atoms with Crippen LogP contribution in [0.4, 0.5) is 0 Å². The van der Waals surface area contributed by atoms with Crippen LogP contribution in [0.15, 0.2) is 30.3 Å². The Kier molecular flexibility index (Phi) is 4.12. The third kappa shape index (κ3) is 2.97. The second kappa shape index (κ2) is 5.80. The van der Waals surface area contributed by atoms with Crippen LogP contribution in [-0.2, 0) is 6.61 Å². The van der Waals surface area contributed by atoms with Gasteiger partial charge in [-0.2, -0.15) is 0 Å². The molecular weight excluding hydrogens is 228 g/mol. The van der Waals surface area contributed by atoms with Crippen molar-refractivity contribution in [1.82, 2.24) is 9.88 Å². The molecule has 0 amide bonds. The van der Waals surface area contributed by atoms with Crippen molar-refractivity contribution in [1.29, 1.82) is 0 Å². The van der Waals surface area contributed by atoms with Gasteiger partial charge in [0.05, 0.1) is 17.8 Å². The zero-order valence-corrected chi connectivity index (χ0v) is 10.8. The van der Waals surface area contributed by atoms with Crippen LogP contribution >= 0.6 is 0 Å². The maximum atomic E-state index is 9.21. The number of aliphatic hydroxyl groups is 1. The first-order valence-electron chi connectivity index (χ1n) is 5.98. The van der Waals surface area contributed by atoms with Crippen LogP contribution in [0.2, 0.25) is 0 Å². The number of fused-ring (bicyclic) bond motifs is 1. The van der Waals surface area contributed by atoms with Crippen LogP contribution in [0.1, 0.15) is 5.69 Å². The van der Waals surface area contributed by atoms with Crippen molar-refractivity contribution in [2.45, 2.75) is 6.61 Å². The Balaban J connectivity index is 2.29. The van der Waals surface area contributed by atoms with E-state index in [0.717, 1.165) is 23.2 Å². The van der Waals surface area contributed by atoms with E-state index in [4.69, 9.17) is 4.74 Å². The lowest BCUT2D eigenvalue weighted by Crippen LogP contribution is -2.19. The first kappa shape index (κ1) is 12.8. The number of para-hydroxylation sites is 1. The van der Waals surface area contributed by atoms with E-state index in [0.29, 0.717) is 12.3 Å². The molecule has 18 heavy (non-hydrogen) atoms. The van der Waals surface area contributed by atoms with Gasteiger partial charge in [-0.15, -0.1) is 0 Å². The van der Waals surface area contributed by atoms with Crippen LogP contribution in [0, 0.1) is 0 Å². The van der Waals surface area contributed by atoms with E-state index in [9.17, 15) is 5.11 Å². The highest BCUT2D eigenvalue weighted by molar-refractivity contribution is 5.85. The van der Waals surface area contributed by atoms with E-state index in [2.05, 4.69) is 9.88 Å². The standard InChI is InChI=1S/C14H18N2O2/c1-16(2)7-8-18-14-9-11(10-17)15-13-6-4-3-5-12(13)14/h3-6,9,17H,7-8,10H2,1-2H3. The van der Waals surface area contributed by atoms with Crippen molar-refractivity contribution in [3.63, 3.8) is 0 Å². The summed E-state index contributed by atoms with van der Waals surface area (Å²) in [7, 11) is 4.01. The van der Waals surface area contributed by atoms with Crippen molar-refractivity contribution in [2.75, 3.05) is 27.2 Å². The summed E-state index contributed by atoms with van der Waals surface area (Å²) >= 11 is 0. The first-order valence-corrected chi connectivity index (χ1v) is 5.98. The molecule has 0 saturated carbocycles. The molecule has 0 aliphatic heterocycles. The molecule has 0 fully saturated rings. The summed E-state index contributed by atoms with van der Waals surface area (Å²) in [5.74, 6) is 0.784. The molecule has 1 aromatic carbocycles. The highest BCUT2D eigenvalue weighted by Gasteiger charge is 2.06. The van der Waals surface area contributed by atoms with Gasteiger partial charge < -0.3 is 14.7 Å². The maximum Gasteiger partial charge on any atom is 0.130 e. The Morgan fingerprint density at radius 1 is 1.28 bits per heavy atom. The predicted molar refractivity (Wildman–Crippen MR) is 71.7 cm³/mol. The van der Waals surface area contributed by atoms with Gasteiger partial charge in [-0.3, -0.25) is 4.98 Å². The lowest BCUT2D eigenvalue weighted by molar-refractivity contribution is 0.259. The van der Waals surface area contributed by atoms with Gasteiger partial charge in [-0.05, 0) is 26.2 Å². The van der Waals surface area contributed by atoms with E-state index in [-0.39, 0.29) is 6.61 Å². The number of rotatable bonds is 5. The normalized spacial score (nSPS) is 11.1. The molecule has 96 valence electrons. The van der Waals surface area contributed by atoms with E-state index >= 15 is 0 Å². The summed E-state index contributed by atoms with van der Waals surface area (Å²) in [4.78, 5) is 6.42. The van der Waals surface area contributed by atoms with Crippen LogP contribution in [-0.4, -0.2) is 42.2 Å². The molecule has 0 bridgehead atoms. The van der Waals surface area contributed by atoms with Crippen LogP contribution in [0.5, 0.6) is 5.75 Å². The number of likely N-dealkylation sites (N-methyl/N-ethyl adjacent to an activating group) is 1. The number of aromatic nitrogens is 1. The number of pyridine rings is 1. The van der Waals surface area contributed by atoms with Gasteiger partial charge in [-0.1, -0.05) is 12.1 Å². The molecule has 0 atom stereocenters. The molecule has 0 radical (unpaired) electrons. The summed E-state index contributed by atoms with van der Waals surface area (Å²) in [6, 6.07) is 9.60. The van der Waals surface area contributed by atoms with Gasteiger partial charge >= 0.3 is 0 Å². The summed E-state index contributed by atoms with van der Waals surface area (Å²) < 4.78 is 5.78. The lowest BCUT2D eigenvalue weighted by atomic mass is 10.2. The molecule has 0 spiro atoms. The minimum atomic E-state index is -0.0745. The number of hydrogen-bond donors (Lipinski definition) is 1. The van der Waals surface area contributed by atoms with Crippen LogP contribution < -0.4 is 4.74 Å². The molecule has 0 unspecified atom stereocenters. The maximum absolute atomic E-state index is 9.21. The monoisotopic (exact) mass is 246 g/mol. The zero-order valence-electron chi connectivity index (χ0n) is 10.8. The molecule has 1 N–H and O–H groups in total. The van der Waals surface area contributed by atoms with Crippen molar-refractivity contribution in [3.8, 4) is 5.75 Å². The number of benzene rings is 1. The Hall–Kier alpha value is -1.65. The SMILES string of the molecule is CN(C)CCOc1cc(CO)nc2ccccc12. The van der Waals surface area contributed by atoms with E-state index in [1.807, 2.05) is 38.4 Å². The quantitative estimate of drug-likeness (QED) is 0.871. The lowest BCUT2D eigenvalue weighted by Gasteiger charge is -2.13. The number of aliphatic hydroxyl groups excluding tert-OH is 1. The molecule has 2 rings (SSSR count). The van der Waals surface area contributed by atoms with E-state index in [1.165, 1.54) is 0 Å². The second-order valence-electron chi connectivity index (χ2n) is 4.44. The zero-order chi connectivity index (χ0) is 13.0. The van der Waals surface area contributed by atoms with Gasteiger partial charge in [0.2, 0.25) is 0 Å². The first-order chi connectivity index (χ1) is 8.70. The third-order valence-electron chi connectivity index (χ3n) is 2.69. The summed E-state index contributed by atoms with van der Waals surface area (Å²) in [6.07, 6.45) is 0. The molecule has 4 nitrogen and oxygen atoms in total. The fraction of sp³-hybridized carbons (Fsp3) is 0.357. The Morgan fingerprint density at radius 2 is 2.06 bits per heavy atom. The van der Waals surface area contributed by atoms with E-state index in [1.54, 1.807) is 6.07 Å². The summed E-state index contributed by atoms with van der Waals surface area (Å²) in [5.41, 5.74) is 1.48. The van der Waals surface area contributed by atoms with Gasteiger partial charge in [0, 0.05) is 18.0 Å². The summed E-state index contributed by atoms with van der Waals surface area (Å²) in [5, 5.41) is 10.2. The molecule has 1 heterocycles. The molecule has 0 saturated heterocycles. The van der Waals surface area contributed by atoms with Crippen molar-refractivity contribution >= 4 is 10.9 Å². The topological polar surface area (TPSA) is 45.6 Å². The van der Waals surface area contributed by atoms with Gasteiger partial charge in [0.1, 0.15) is 12.4 Å². The molecule has 2 aromatic rings. The summed E-state index contributed by atoms with van der Waals surface area (Å²) in [6.45, 7) is 1.39. The number of ether oxygens (including phenoxy) is 1. The molecule has 1 aromatic heterocycles. The van der Waals surface area contributed by atoms with Gasteiger partial charge in [0.25, 0.3) is 0 Å². The minimum absolute atomic E-state index is 0.0745. The molecule has 4 heteroatoms. The van der Waals surface area contributed by atoms with Crippen LogP contribution in [0.3, 0.4) is 0 Å². The molecule has 0 aliphatic carbocycles. The minimum Gasteiger partial charge on any atom is -0.491 e. The van der Waals surface area contributed by atoms with Crippen molar-refractivity contribution in [2.24, 2.45) is 0 Å². The highest BCUT2D eigenvalue weighted by atomic mass is 16.5. The highest BCUT2D eigenvalue weighted by Crippen LogP contribution is 2.25. The number of hydrogen-bond acceptors (Lipinski definition) is 4. The Morgan fingerprint density at radius 3 is 2.78 bits per heavy atom. The largest absolute Gasteiger partial charge is 0.491 e. The van der Waals surface area contributed by atoms with Crippen molar-refractivity contribution < 1.29 is 9.84 Å². The average molecular weight is 246 g/mol. The van der Waals surface area contributed by atoms with Gasteiger partial charge in [0.15, 0.2) is 0 Å². The van der Waals surface area contributed by atoms with E-state index < -0.39 is 0 Å². The van der Waals surface area contributed by atoms with Crippen molar-refractivity contribution in [3.05, 3.63) is 36.0 Å². The fourth-order valence-electron chi connectivity index (χ4n) is 1.73. The van der Waals surface area contributed by atoms with Crippen LogP contribution in [0.25, 0.3) is 10.9 Å². The third-order valence-corrected chi connectivity index (χ3v) is 2.69. The Labute approximate surface area is 107 Å². The second-order valence-corrected chi connectivity index (χ2v) is 4.44. The van der Waals surface area contributed by atoms with Gasteiger partial charge in [-0.25, -0.2) is 0 Å². The molecule has 0 aliphatic rings. The number of nitrogens with zero attached hydrogens (tertiary/aromatic N) is 2. The Bertz CT molecular complexity index is 526. The fourth-order valence-corrected chi connectivity index (χ4v) is 1.73. The smallest absolute Gasteiger partial charge is 0.130 e. The average Bonchev–Trinajstić information content (AvgIpc) is 2.38. The molecular formula is C14H18N2O2.